The molecule has 0 aliphatic carbocycles. The number of carbonyl (C=O) groups excluding carboxylic acids is 1. The van der Waals surface area contributed by atoms with Crippen LogP contribution in [0.5, 0.6) is 5.75 Å². The number of hydrogen-bond acceptors (Lipinski definition) is 8. The molecular weight excluding hydrogens is 705 g/mol. The van der Waals surface area contributed by atoms with E-state index in [4.69, 9.17) is 14.6 Å². The van der Waals surface area contributed by atoms with Crippen LogP contribution in [0.15, 0.2) is 89.7 Å². The molecule has 0 bridgehead atoms. The molecule has 0 unspecified atom stereocenters. The number of ether oxygens (including phenoxy) is 2. The Hall–Kier alpha value is -6.25. The number of methoxy groups -OCH3 is 1. The Kier molecular flexibility index (Phi) is 10.7. The summed E-state index contributed by atoms with van der Waals surface area (Å²) < 4.78 is 57.6. The Labute approximate surface area is 308 Å². The van der Waals surface area contributed by atoms with Crippen LogP contribution < -0.4 is 20.6 Å². The first-order chi connectivity index (χ1) is 25.9. The number of nitrogens with zero attached hydrogens (tertiary/aromatic N) is 5. The smallest absolute Gasteiger partial charge is 0.418 e. The number of piperazine rings is 1. The summed E-state index contributed by atoms with van der Waals surface area (Å²) in [5, 5.41) is 12.7. The molecule has 2 N–H and O–H groups in total. The molecule has 282 valence electrons. The normalized spacial score (nSPS) is 14.5. The van der Waals surface area contributed by atoms with Gasteiger partial charge in [-0.15, -0.1) is 0 Å². The topological polar surface area (TPSA) is 131 Å². The van der Waals surface area contributed by atoms with Crippen LogP contribution >= 0.6 is 0 Å². The number of benzene rings is 3. The quantitative estimate of drug-likeness (QED) is 0.196. The van der Waals surface area contributed by atoms with Crippen molar-refractivity contribution in [3.8, 4) is 11.4 Å². The van der Waals surface area contributed by atoms with Gasteiger partial charge in [-0.2, -0.15) is 13.2 Å². The third-order valence-corrected chi connectivity index (χ3v) is 9.27. The molecule has 12 nitrogen and oxygen atoms in total. The lowest BCUT2D eigenvalue weighted by atomic mass is 10.0. The minimum atomic E-state index is -4.76. The summed E-state index contributed by atoms with van der Waals surface area (Å²) in [6, 6.07) is 15.5. The first-order valence-corrected chi connectivity index (χ1v) is 17.3. The number of aliphatic carboxylic acids is 1. The van der Waals surface area contributed by atoms with E-state index in [0.717, 1.165) is 17.2 Å². The predicted molar refractivity (Wildman–Crippen MR) is 199 cm³/mol. The van der Waals surface area contributed by atoms with Crippen molar-refractivity contribution >= 4 is 45.3 Å². The van der Waals surface area contributed by atoms with Crippen LogP contribution in [0.1, 0.15) is 30.5 Å². The number of carboxylic acid groups (broad SMARTS) is 1. The fraction of sp³-hybridized carbons (Fsp3) is 0.282. The molecule has 0 radical (unpaired) electrons. The lowest BCUT2D eigenvalue weighted by Crippen LogP contribution is -2.50. The fourth-order valence-electron chi connectivity index (χ4n) is 6.56. The van der Waals surface area contributed by atoms with E-state index in [1.165, 1.54) is 38.3 Å². The molecule has 0 atom stereocenters. The summed E-state index contributed by atoms with van der Waals surface area (Å²) in [6.07, 6.45) is -0.321. The standard InChI is InChI=1S/C37H33F3N6O6.C2H6/c1-43-31-21-41-29-10-5-23(24-6-12-32(51-2)42-20-24)18-27(29)34(31)46(35(43)49)25-7-11-30(28(19-25)37(38,39)40)44-13-15-45(16-14-44)36(50)52-26-8-3-22(4-9-26)17-33(47)48;1-2/h3-12,18-19,21,42H,13-17,20H2,1-2H3,(H,47,48);1-2H3. The Morgan fingerprint density at radius 2 is 1.69 bits per heavy atom. The molecule has 1 saturated heterocycles. The number of carboxylic acids is 1. The van der Waals surface area contributed by atoms with Crippen LogP contribution in [0, 0.1) is 0 Å². The average molecular weight is 745 g/mol. The summed E-state index contributed by atoms with van der Waals surface area (Å²) in [4.78, 5) is 45.0. The van der Waals surface area contributed by atoms with Gasteiger partial charge in [-0.05, 0) is 65.2 Å². The SMILES string of the molecule is CC.COC1=CC=C(c2ccc3ncc4c(c3c2)n(-c2ccc(N3CCN(C(=O)Oc5ccc(CC(=O)O)cc5)CC3)c(C(F)(F)F)c2)c(=O)n4C)CN1. The number of allylic oxidation sites excluding steroid dienone is 2. The third kappa shape index (κ3) is 7.47. The number of hydrogen-bond donors (Lipinski definition) is 2. The number of rotatable bonds is 7. The number of aromatic nitrogens is 3. The summed E-state index contributed by atoms with van der Waals surface area (Å²) >= 11 is 0. The van der Waals surface area contributed by atoms with Crippen molar-refractivity contribution in [1.29, 1.82) is 0 Å². The van der Waals surface area contributed by atoms with Crippen molar-refractivity contribution in [2.24, 2.45) is 7.05 Å². The second kappa shape index (κ2) is 15.4. The lowest BCUT2D eigenvalue weighted by molar-refractivity contribution is -0.137. The van der Waals surface area contributed by atoms with E-state index >= 15 is 0 Å². The average Bonchev–Trinajstić information content (AvgIpc) is 3.44. The van der Waals surface area contributed by atoms with Crippen molar-refractivity contribution in [3.05, 3.63) is 112 Å². The Morgan fingerprint density at radius 1 is 0.963 bits per heavy atom. The monoisotopic (exact) mass is 744 g/mol. The minimum absolute atomic E-state index is 0.0485. The number of carbonyl (C=O) groups is 2. The maximum Gasteiger partial charge on any atom is 0.418 e. The molecule has 1 fully saturated rings. The number of alkyl halides is 3. The first-order valence-electron chi connectivity index (χ1n) is 17.3. The van der Waals surface area contributed by atoms with E-state index in [1.54, 1.807) is 43.5 Å². The third-order valence-electron chi connectivity index (χ3n) is 9.27. The number of fused-ring (bicyclic) bond motifs is 3. The van der Waals surface area contributed by atoms with E-state index in [2.05, 4.69) is 10.3 Å². The van der Waals surface area contributed by atoms with Crippen molar-refractivity contribution in [2.45, 2.75) is 26.4 Å². The van der Waals surface area contributed by atoms with Gasteiger partial charge < -0.3 is 29.7 Å². The van der Waals surface area contributed by atoms with Gasteiger partial charge in [0.15, 0.2) is 5.88 Å². The fourth-order valence-corrected chi connectivity index (χ4v) is 6.56. The number of anilines is 1. The molecule has 2 aliphatic heterocycles. The molecule has 54 heavy (non-hydrogen) atoms. The molecule has 15 heteroatoms. The highest BCUT2D eigenvalue weighted by molar-refractivity contribution is 6.04. The van der Waals surface area contributed by atoms with Crippen LogP contribution in [0.4, 0.5) is 23.7 Å². The summed E-state index contributed by atoms with van der Waals surface area (Å²) in [7, 11) is 3.12. The van der Waals surface area contributed by atoms with Gasteiger partial charge >= 0.3 is 23.9 Å². The summed E-state index contributed by atoms with van der Waals surface area (Å²) in [6.45, 7) is 4.91. The summed E-state index contributed by atoms with van der Waals surface area (Å²) in [5.41, 5.74) is 2.36. The maximum absolute atomic E-state index is 14.8. The van der Waals surface area contributed by atoms with Crippen LogP contribution in [-0.2, 0) is 29.2 Å². The molecule has 7 rings (SSSR count). The molecule has 5 aromatic rings. The van der Waals surface area contributed by atoms with Crippen LogP contribution in [0.2, 0.25) is 0 Å². The number of amides is 1. The van der Waals surface area contributed by atoms with Crippen molar-refractivity contribution < 1.29 is 37.3 Å². The summed E-state index contributed by atoms with van der Waals surface area (Å²) in [5.74, 6) is -0.141. The first kappa shape index (κ1) is 37.5. The van der Waals surface area contributed by atoms with Gasteiger partial charge in [-0.3, -0.25) is 18.9 Å². The van der Waals surface area contributed by atoms with Crippen LogP contribution in [0.3, 0.4) is 0 Å². The Morgan fingerprint density at radius 3 is 2.31 bits per heavy atom. The van der Waals surface area contributed by atoms with Gasteiger partial charge in [0, 0.05) is 50.8 Å². The van der Waals surface area contributed by atoms with Gasteiger partial charge in [-0.25, -0.2) is 9.59 Å². The van der Waals surface area contributed by atoms with Gasteiger partial charge in [0.05, 0.1) is 47.5 Å². The van der Waals surface area contributed by atoms with Crippen LogP contribution in [-0.4, -0.2) is 76.0 Å². The van der Waals surface area contributed by atoms with Gasteiger partial charge in [-0.1, -0.05) is 38.1 Å². The predicted octanol–water partition coefficient (Wildman–Crippen LogP) is 6.34. The van der Waals surface area contributed by atoms with Gasteiger partial charge in [0.1, 0.15) is 5.75 Å². The van der Waals surface area contributed by atoms with Crippen molar-refractivity contribution in [3.63, 3.8) is 0 Å². The zero-order valence-electron chi connectivity index (χ0n) is 30.1. The zero-order chi connectivity index (χ0) is 38.7. The second-order valence-corrected chi connectivity index (χ2v) is 12.4. The second-order valence-electron chi connectivity index (χ2n) is 12.4. The highest BCUT2D eigenvalue weighted by Crippen LogP contribution is 2.39. The highest BCUT2D eigenvalue weighted by Gasteiger charge is 2.37. The van der Waals surface area contributed by atoms with Crippen molar-refractivity contribution in [1.82, 2.24) is 24.3 Å². The van der Waals surface area contributed by atoms with E-state index in [0.29, 0.717) is 39.9 Å². The van der Waals surface area contributed by atoms with Crippen LogP contribution in [0.25, 0.3) is 33.2 Å². The highest BCUT2D eigenvalue weighted by atomic mass is 19.4. The van der Waals surface area contributed by atoms with E-state index in [-0.39, 0.29) is 49.7 Å². The molecule has 2 aromatic heterocycles. The number of aryl methyl sites for hydroxylation is 1. The largest absolute Gasteiger partial charge is 0.483 e. The molecule has 0 spiro atoms. The van der Waals surface area contributed by atoms with E-state index in [1.807, 2.05) is 38.1 Å². The van der Waals surface area contributed by atoms with Gasteiger partial charge in [0.25, 0.3) is 0 Å². The number of dihydropyridines is 1. The molecule has 1 amide bonds. The van der Waals surface area contributed by atoms with E-state index in [9.17, 15) is 27.6 Å². The lowest BCUT2D eigenvalue weighted by Gasteiger charge is -2.36. The number of pyridine rings is 1. The molecule has 3 aromatic carbocycles. The molecule has 2 aliphatic rings. The number of nitrogens with one attached hydrogen (secondary N) is 1. The molecule has 4 heterocycles. The zero-order valence-corrected chi connectivity index (χ0v) is 30.1. The molecular formula is C39H39F3N6O6. The Balaban J connectivity index is 0.00000245. The maximum atomic E-state index is 14.8. The van der Waals surface area contributed by atoms with E-state index < -0.39 is 29.5 Å². The van der Waals surface area contributed by atoms with Gasteiger partial charge in [0.2, 0.25) is 0 Å². The number of imidazole rings is 1. The van der Waals surface area contributed by atoms with Crippen molar-refractivity contribution in [2.75, 3.05) is 44.7 Å². The minimum Gasteiger partial charge on any atom is -0.483 e. The number of halogens is 3. The Bertz CT molecular complexity index is 2340. The molecule has 0 saturated carbocycles.